The third-order valence-electron chi connectivity index (χ3n) is 3.39. The fraction of sp³-hybridized carbons (Fsp3) is 0.643. The van der Waals surface area contributed by atoms with Gasteiger partial charge in [-0.15, -0.1) is 0 Å². The van der Waals surface area contributed by atoms with Crippen molar-refractivity contribution in [3.8, 4) is 6.07 Å². The van der Waals surface area contributed by atoms with Crippen LogP contribution in [-0.2, 0) is 13.6 Å². The molecule has 94 valence electrons. The maximum Gasteiger partial charge on any atom is 0.120 e. The highest BCUT2D eigenvalue weighted by molar-refractivity contribution is 5.34. The summed E-state index contributed by atoms with van der Waals surface area (Å²) in [6.07, 6.45) is 3.73. The smallest absolute Gasteiger partial charge is 0.120 e. The summed E-state index contributed by atoms with van der Waals surface area (Å²) in [5.74, 6) is 0. The predicted molar refractivity (Wildman–Crippen MR) is 70.7 cm³/mol. The molecule has 0 aliphatic carbocycles. The van der Waals surface area contributed by atoms with Crippen LogP contribution in [-0.4, -0.2) is 10.6 Å². The molecule has 3 nitrogen and oxygen atoms in total. The van der Waals surface area contributed by atoms with Gasteiger partial charge in [0, 0.05) is 25.3 Å². The first kappa shape index (κ1) is 13.8. The third kappa shape index (κ3) is 3.61. The second-order valence-corrected chi connectivity index (χ2v) is 4.74. The highest BCUT2D eigenvalue weighted by Gasteiger charge is 2.09. The second-order valence-electron chi connectivity index (χ2n) is 4.74. The Morgan fingerprint density at radius 3 is 2.76 bits per heavy atom. The zero-order chi connectivity index (χ0) is 12.8. The van der Waals surface area contributed by atoms with Crippen LogP contribution in [0, 0.1) is 18.3 Å². The first-order valence-electron chi connectivity index (χ1n) is 6.38. The van der Waals surface area contributed by atoms with Crippen LogP contribution in [0.25, 0.3) is 0 Å². The summed E-state index contributed by atoms with van der Waals surface area (Å²) >= 11 is 0. The van der Waals surface area contributed by atoms with Gasteiger partial charge in [-0.25, -0.2) is 0 Å². The van der Waals surface area contributed by atoms with E-state index in [9.17, 15) is 0 Å². The van der Waals surface area contributed by atoms with Crippen molar-refractivity contribution in [1.82, 2.24) is 9.88 Å². The Labute approximate surface area is 104 Å². The van der Waals surface area contributed by atoms with Crippen LogP contribution in [0.3, 0.4) is 0 Å². The van der Waals surface area contributed by atoms with E-state index in [0.717, 1.165) is 12.2 Å². The van der Waals surface area contributed by atoms with Gasteiger partial charge in [0.15, 0.2) is 0 Å². The lowest BCUT2D eigenvalue weighted by Gasteiger charge is -2.13. The van der Waals surface area contributed by atoms with Gasteiger partial charge < -0.3 is 9.88 Å². The molecule has 1 aromatic rings. The zero-order valence-corrected chi connectivity index (χ0v) is 11.4. The van der Waals surface area contributed by atoms with Gasteiger partial charge in [-0.05, 0) is 31.9 Å². The molecule has 3 heteroatoms. The van der Waals surface area contributed by atoms with E-state index in [1.54, 1.807) is 0 Å². The SMILES string of the molecule is CCCCC(C)NCc1cc(C#N)n(C)c1C. The Bertz CT molecular complexity index is 398. The van der Waals surface area contributed by atoms with Crippen LogP contribution in [0.1, 0.15) is 50.1 Å². The van der Waals surface area contributed by atoms with Crippen LogP contribution < -0.4 is 5.32 Å². The van der Waals surface area contributed by atoms with E-state index >= 15 is 0 Å². The normalized spacial score (nSPS) is 12.4. The standard InChI is InChI=1S/C14H23N3/c1-5-6-7-11(2)16-10-13-8-14(9-15)17(4)12(13)3/h8,11,16H,5-7,10H2,1-4H3. The number of nitriles is 1. The molecule has 0 aliphatic heterocycles. The van der Waals surface area contributed by atoms with Crippen molar-refractivity contribution < 1.29 is 0 Å². The largest absolute Gasteiger partial charge is 0.340 e. The molecule has 0 radical (unpaired) electrons. The van der Waals surface area contributed by atoms with Crippen LogP contribution in [0.4, 0.5) is 0 Å². The molecule has 1 unspecified atom stereocenters. The topological polar surface area (TPSA) is 40.8 Å². The van der Waals surface area contributed by atoms with E-state index < -0.39 is 0 Å². The van der Waals surface area contributed by atoms with Crippen LogP contribution in [0.15, 0.2) is 6.07 Å². The minimum absolute atomic E-state index is 0.542. The fourth-order valence-electron chi connectivity index (χ4n) is 1.95. The minimum atomic E-state index is 0.542. The molecule has 0 fully saturated rings. The predicted octanol–water partition coefficient (Wildman–Crippen LogP) is 2.87. The van der Waals surface area contributed by atoms with E-state index in [-0.39, 0.29) is 0 Å². The van der Waals surface area contributed by atoms with Crippen molar-refractivity contribution in [1.29, 1.82) is 5.26 Å². The second kappa shape index (κ2) is 6.46. The fourth-order valence-corrected chi connectivity index (χ4v) is 1.95. The molecule has 1 aromatic heterocycles. The van der Waals surface area contributed by atoms with E-state index in [0.29, 0.717) is 6.04 Å². The first-order chi connectivity index (χ1) is 8.10. The number of hydrogen-bond donors (Lipinski definition) is 1. The molecule has 1 atom stereocenters. The highest BCUT2D eigenvalue weighted by Crippen LogP contribution is 2.13. The van der Waals surface area contributed by atoms with Gasteiger partial charge in [0.1, 0.15) is 11.8 Å². The molecule has 0 saturated carbocycles. The van der Waals surface area contributed by atoms with Gasteiger partial charge in [0.2, 0.25) is 0 Å². The van der Waals surface area contributed by atoms with E-state index in [1.807, 2.05) is 17.7 Å². The maximum atomic E-state index is 8.96. The molecule has 0 saturated heterocycles. The number of aromatic nitrogens is 1. The molecular weight excluding hydrogens is 210 g/mol. The monoisotopic (exact) mass is 233 g/mol. The molecule has 0 bridgehead atoms. The van der Waals surface area contributed by atoms with Gasteiger partial charge in [-0.2, -0.15) is 5.26 Å². The summed E-state index contributed by atoms with van der Waals surface area (Å²) in [5.41, 5.74) is 3.14. The number of hydrogen-bond acceptors (Lipinski definition) is 2. The summed E-state index contributed by atoms with van der Waals surface area (Å²) in [6, 6.07) is 4.74. The maximum absolute atomic E-state index is 8.96. The molecule has 0 aliphatic rings. The van der Waals surface area contributed by atoms with Crippen molar-refractivity contribution in [3.05, 3.63) is 23.0 Å². The molecule has 1 rings (SSSR count). The lowest BCUT2D eigenvalue weighted by Crippen LogP contribution is -2.25. The van der Waals surface area contributed by atoms with Crippen LogP contribution >= 0.6 is 0 Å². The Balaban J connectivity index is 2.55. The Morgan fingerprint density at radius 2 is 2.24 bits per heavy atom. The van der Waals surface area contributed by atoms with Gasteiger partial charge in [-0.1, -0.05) is 19.8 Å². The average molecular weight is 233 g/mol. The Morgan fingerprint density at radius 1 is 1.53 bits per heavy atom. The van der Waals surface area contributed by atoms with Gasteiger partial charge in [0.25, 0.3) is 0 Å². The summed E-state index contributed by atoms with van der Waals surface area (Å²) in [6.45, 7) is 7.35. The quantitative estimate of drug-likeness (QED) is 0.820. The summed E-state index contributed by atoms with van der Waals surface area (Å²) in [4.78, 5) is 0. The zero-order valence-electron chi connectivity index (χ0n) is 11.4. The summed E-state index contributed by atoms with van der Waals surface area (Å²) < 4.78 is 1.95. The number of nitrogens with one attached hydrogen (secondary N) is 1. The van der Waals surface area contributed by atoms with E-state index in [4.69, 9.17) is 5.26 Å². The van der Waals surface area contributed by atoms with Crippen molar-refractivity contribution in [2.24, 2.45) is 7.05 Å². The Kier molecular flexibility index (Phi) is 5.24. The molecule has 1 heterocycles. The third-order valence-corrected chi connectivity index (χ3v) is 3.39. The number of rotatable bonds is 6. The average Bonchev–Trinajstić information content (AvgIpc) is 2.61. The van der Waals surface area contributed by atoms with Gasteiger partial charge >= 0.3 is 0 Å². The van der Waals surface area contributed by atoms with E-state index in [2.05, 4.69) is 32.2 Å². The molecule has 0 spiro atoms. The summed E-state index contributed by atoms with van der Waals surface area (Å²) in [7, 11) is 1.94. The Hall–Kier alpha value is -1.27. The molecule has 1 N–H and O–H groups in total. The van der Waals surface area contributed by atoms with Crippen molar-refractivity contribution in [3.63, 3.8) is 0 Å². The van der Waals surface area contributed by atoms with Gasteiger partial charge in [0.05, 0.1) is 0 Å². The summed E-state index contributed by atoms with van der Waals surface area (Å²) in [5, 5.41) is 12.5. The number of unbranched alkanes of at least 4 members (excludes halogenated alkanes) is 1. The molecular formula is C14H23N3. The van der Waals surface area contributed by atoms with Crippen LogP contribution in [0.5, 0.6) is 0 Å². The number of nitrogens with zero attached hydrogens (tertiary/aromatic N) is 2. The molecule has 0 amide bonds. The highest BCUT2D eigenvalue weighted by atomic mass is 15.0. The van der Waals surface area contributed by atoms with Gasteiger partial charge in [-0.3, -0.25) is 0 Å². The lowest BCUT2D eigenvalue weighted by molar-refractivity contribution is 0.494. The van der Waals surface area contributed by atoms with Crippen molar-refractivity contribution >= 4 is 0 Å². The first-order valence-corrected chi connectivity index (χ1v) is 6.38. The minimum Gasteiger partial charge on any atom is -0.340 e. The molecule has 0 aromatic carbocycles. The molecule has 17 heavy (non-hydrogen) atoms. The van der Waals surface area contributed by atoms with Crippen molar-refractivity contribution in [2.75, 3.05) is 0 Å². The van der Waals surface area contributed by atoms with Crippen LogP contribution in [0.2, 0.25) is 0 Å². The van der Waals surface area contributed by atoms with E-state index in [1.165, 1.54) is 30.5 Å². The van der Waals surface area contributed by atoms with Crippen molar-refractivity contribution in [2.45, 2.75) is 52.6 Å². The lowest BCUT2D eigenvalue weighted by atomic mass is 10.1.